The Morgan fingerprint density at radius 3 is 3.00 bits per heavy atom. The van der Waals surface area contributed by atoms with Gasteiger partial charge in [0, 0.05) is 23.8 Å². The smallest absolute Gasteiger partial charge is 0.282 e. The molecule has 0 spiro atoms. The van der Waals surface area contributed by atoms with E-state index in [4.69, 9.17) is 4.84 Å². The van der Waals surface area contributed by atoms with Crippen LogP contribution in [0.3, 0.4) is 0 Å². The molecular weight excluding hydrogens is 247 g/mol. The summed E-state index contributed by atoms with van der Waals surface area (Å²) in [5.41, 5.74) is 0.858. The molecule has 0 bridgehead atoms. The summed E-state index contributed by atoms with van der Waals surface area (Å²) in [5.74, 6) is -3.07. The number of nitrogens with zero attached hydrogens (tertiary/aromatic N) is 1. The van der Waals surface area contributed by atoms with E-state index in [-0.39, 0.29) is 19.4 Å². The van der Waals surface area contributed by atoms with Gasteiger partial charge < -0.3 is 4.84 Å². The van der Waals surface area contributed by atoms with Crippen molar-refractivity contribution in [2.24, 2.45) is 0 Å². The number of halogens is 1. The second-order valence-electron chi connectivity index (χ2n) is 4.03. The Bertz CT molecular complexity index is 483. The van der Waals surface area contributed by atoms with Gasteiger partial charge in [-0.15, -0.1) is 11.3 Å². The van der Waals surface area contributed by atoms with Gasteiger partial charge in [0.15, 0.2) is 5.75 Å². The molecule has 0 saturated carbocycles. The van der Waals surface area contributed by atoms with Crippen LogP contribution in [0.5, 0.6) is 5.75 Å². The molecule has 3 rings (SSSR count). The van der Waals surface area contributed by atoms with Gasteiger partial charge >= 0.3 is 0 Å². The highest BCUT2D eigenvalue weighted by atomic mass is 32.1. The number of hydroxylamine groups is 2. The molecule has 1 N–H and O–H groups in total. The van der Waals surface area contributed by atoms with Crippen molar-refractivity contribution in [2.45, 2.75) is 25.2 Å². The van der Waals surface area contributed by atoms with Crippen LogP contribution in [0.1, 0.15) is 18.4 Å². The molecule has 1 fully saturated rings. The molecule has 2 aliphatic rings. The lowest BCUT2D eigenvalue weighted by Crippen LogP contribution is -2.60. The minimum atomic E-state index is -2.26. The van der Waals surface area contributed by atoms with Crippen molar-refractivity contribution in [1.82, 2.24) is 10.4 Å². The van der Waals surface area contributed by atoms with E-state index in [1.807, 2.05) is 10.7 Å². The summed E-state index contributed by atoms with van der Waals surface area (Å²) in [7, 11) is 0. The number of nitrogens with one attached hydrogen (secondary N) is 1. The van der Waals surface area contributed by atoms with E-state index >= 15 is 0 Å². The summed E-state index contributed by atoms with van der Waals surface area (Å²) in [6, 6.07) is 0. The zero-order valence-corrected chi connectivity index (χ0v) is 9.55. The van der Waals surface area contributed by atoms with Gasteiger partial charge in [0.2, 0.25) is 5.91 Å². The molecule has 0 aromatic carbocycles. The van der Waals surface area contributed by atoms with Crippen LogP contribution in [-0.2, 0) is 16.1 Å². The Labute approximate surface area is 100 Å². The third-order valence-electron chi connectivity index (χ3n) is 2.90. The number of alkyl halides is 1. The van der Waals surface area contributed by atoms with E-state index in [0.717, 1.165) is 10.6 Å². The summed E-state index contributed by atoms with van der Waals surface area (Å²) in [4.78, 5) is 27.8. The molecule has 1 saturated heterocycles. The van der Waals surface area contributed by atoms with Gasteiger partial charge in [0.25, 0.3) is 11.7 Å². The lowest BCUT2D eigenvalue weighted by atomic mass is 10.0. The van der Waals surface area contributed by atoms with E-state index in [1.165, 1.54) is 11.3 Å². The first-order valence-electron chi connectivity index (χ1n) is 5.13. The summed E-state index contributed by atoms with van der Waals surface area (Å²) in [5, 5.41) is 6.61. The van der Waals surface area contributed by atoms with Gasteiger partial charge in [0.05, 0.1) is 6.54 Å². The molecule has 2 amide bonds. The van der Waals surface area contributed by atoms with Crippen molar-refractivity contribution in [1.29, 1.82) is 0 Å². The highest BCUT2D eigenvalue weighted by Crippen LogP contribution is 2.38. The number of piperidine rings is 1. The number of imide groups is 1. The van der Waals surface area contributed by atoms with Crippen LogP contribution in [0, 0.1) is 0 Å². The Kier molecular flexibility index (Phi) is 2.20. The third kappa shape index (κ3) is 1.54. The fourth-order valence-corrected chi connectivity index (χ4v) is 2.67. The van der Waals surface area contributed by atoms with E-state index in [2.05, 4.69) is 0 Å². The van der Waals surface area contributed by atoms with Crippen LogP contribution in [-0.4, -0.2) is 22.7 Å². The predicted octanol–water partition coefficient (Wildman–Crippen LogP) is 0.960. The van der Waals surface area contributed by atoms with E-state index in [9.17, 15) is 14.0 Å². The molecule has 0 unspecified atom stereocenters. The van der Waals surface area contributed by atoms with Gasteiger partial charge in [0.1, 0.15) is 0 Å². The molecule has 2 aliphatic heterocycles. The van der Waals surface area contributed by atoms with Crippen LogP contribution >= 0.6 is 11.3 Å². The minimum absolute atomic E-state index is 0.0189. The maximum atomic E-state index is 14.5. The van der Waals surface area contributed by atoms with Crippen molar-refractivity contribution >= 4 is 23.2 Å². The van der Waals surface area contributed by atoms with Crippen molar-refractivity contribution < 1.29 is 18.8 Å². The third-order valence-corrected chi connectivity index (χ3v) is 3.67. The molecule has 3 heterocycles. The molecule has 1 aromatic rings. The van der Waals surface area contributed by atoms with Gasteiger partial charge in [-0.3, -0.25) is 14.9 Å². The maximum Gasteiger partial charge on any atom is 0.282 e. The number of fused-ring (bicyclic) bond motifs is 1. The van der Waals surface area contributed by atoms with Crippen LogP contribution in [0.15, 0.2) is 10.8 Å². The Hall–Kier alpha value is -1.47. The number of hydrogen-bond donors (Lipinski definition) is 1. The van der Waals surface area contributed by atoms with Crippen molar-refractivity contribution in [3.05, 3.63) is 16.3 Å². The lowest BCUT2D eigenvalue weighted by molar-refractivity contribution is -0.208. The average molecular weight is 256 g/mol. The summed E-state index contributed by atoms with van der Waals surface area (Å²) < 4.78 is 14.5. The monoisotopic (exact) mass is 256 g/mol. The van der Waals surface area contributed by atoms with Crippen LogP contribution < -0.4 is 10.2 Å². The Morgan fingerprint density at radius 2 is 2.29 bits per heavy atom. The van der Waals surface area contributed by atoms with Gasteiger partial charge in [-0.05, 0) is 5.38 Å². The number of amides is 2. The quantitative estimate of drug-likeness (QED) is 0.600. The predicted molar refractivity (Wildman–Crippen MR) is 56.7 cm³/mol. The molecule has 0 radical (unpaired) electrons. The zero-order valence-electron chi connectivity index (χ0n) is 8.73. The molecule has 7 heteroatoms. The first-order valence-corrected chi connectivity index (χ1v) is 6.08. The number of hydrogen-bond acceptors (Lipinski definition) is 5. The molecule has 17 heavy (non-hydrogen) atoms. The molecular formula is C10H9FN2O3S. The largest absolute Gasteiger partial charge is 0.401 e. The molecule has 90 valence electrons. The number of rotatable bonds is 1. The van der Waals surface area contributed by atoms with Crippen LogP contribution in [0.2, 0.25) is 0 Å². The normalized spacial score (nSPS) is 28.8. The average Bonchev–Trinajstić information content (AvgIpc) is 2.84. The van der Waals surface area contributed by atoms with Crippen molar-refractivity contribution in [3.8, 4) is 5.75 Å². The standard InChI is InChI=1S/C10H9FN2O3S/c11-10(2-1-8(14)12-9(10)15)13-3-6-4-17-5-7(6)16-13/h4-5H,1-3H2,(H,12,14,15)/t10-/m1/s1. The SMILES string of the molecule is O=C1CC[C@@](F)(N2Cc3cscc3O2)C(=O)N1. The van der Waals surface area contributed by atoms with Crippen molar-refractivity contribution in [3.63, 3.8) is 0 Å². The number of thiophene rings is 1. The zero-order chi connectivity index (χ0) is 12.0. The Morgan fingerprint density at radius 1 is 1.47 bits per heavy atom. The van der Waals surface area contributed by atoms with E-state index in [1.54, 1.807) is 5.38 Å². The highest BCUT2D eigenvalue weighted by molar-refractivity contribution is 7.08. The topological polar surface area (TPSA) is 58.6 Å². The van der Waals surface area contributed by atoms with E-state index < -0.39 is 17.6 Å². The number of carbonyl (C=O) groups excluding carboxylic acids is 2. The van der Waals surface area contributed by atoms with E-state index in [0.29, 0.717) is 5.75 Å². The fraction of sp³-hybridized carbons (Fsp3) is 0.400. The lowest BCUT2D eigenvalue weighted by Gasteiger charge is -2.33. The van der Waals surface area contributed by atoms with Gasteiger partial charge in [-0.1, -0.05) is 5.06 Å². The second-order valence-corrected chi connectivity index (χ2v) is 4.77. The first kappa shape index (κ1) is 10.7. The fourth-order valence-electron chi connectivity index (χ4n) is 1.93. The van der Waals surface area contributed by atoms with Gasteiger partial charge in [-0.2, -0.15) is 0 Å². The second kappa shape index (κ2) is 3.51. The van der Waals surface area contributed by atoms with Crippen molar-refractivity contribution in [2.75, 3.05) is 0 Å². The van der Waals surface area contributed by atoms with Gasteiger partial charge in [-0.25, -0.2) is 4.39 Å². The minimum Gasteiger partial charge on any atom is -0.401 e. The molecule has 1 atom stereocenters. The molecule has 0 aliphatic carbocycles. The maximum absolute atomic E-state index is 14.5. The van der Waals surface area contributed by atoms with Crippen LogP contribution in [0.4, 0.5) is 4.39 Å². The molecule has 5 nitrogen and oxygen atoms in total. The van der Waals surface area contributed by atoms with Crippen LogP contribution in [0.25, 0.3) is 0 Å². The first-order chi connectivity index (χ1) is 8.09. The summed E-state index contributed by atoms with van der Waals surface area (Å²) in [6.07, 6.45) is -0.194. The molecule has 1 aromatic heterocycles. The summed E-state index contributed by atoms with van der Waals surface area (Å²) >= 11 is 1.46. The Balaban J connectivity index is 1.83. The highest BCUT2D eigenvalue weighted by Gasteiger charge is 2.52. The summed E-state index contributed by atoms with van der Waals surface area (Å²) in [6.45, 7) is 0.219. The number of carbonyl (C=O) groups is 2.